The molecule has 0 fully saturated rings. The van der Waals surface area contributed by atoms with Gasteiger partial charge in [-0.3, -0.25) is 11.0 Å². The minimum Gasteiger partial charge on any atom is -0.365 e. The van der Waals surface area contributed by atoms with E-state index in [1.165, 1.54) is 0 Å². The Labute approximate surface area is 60.7 Å². The molecule has 0 aromatic rings. The van der Waals surface area contributed by atoms with Gasteiger partial charge in [-0.25, -0.2) is 0 Å². The van der Waals surface area contributed by atoms with Crippen LogP contribution in [0.15, 0.2) is 12.0 Å². The highest BCUT2D eigenvalue weighted by Gasteiger charge is 2.13. The minimum atomic E-state index is -2.10. The molecule has 0 saturated heterocycles. The molecule has 1 rings (SSSR count). The lowest BCUT2D eigenvalue weighted by molar-refractivity contribution is 0.590. The molecule has 0 aromatic carbocycles. The van der Waals surface area contributed by atoms with Crippen LogP contribution in [0.2, 0.25) is 0 Å². The average Bonchev–Trinajstić information content (AvgIpc) is 1.81. The molecule has 1 heterocycles. The van der Waals surface area contributed by atoms with Gasteiger partial charge in [-0.05, 0) is 5.82 Å². The summed E-state index contributed by atoms with van der Waals surface area (Å²) in [6.07, 6.45) is 1.77. The molecule has 10 heavy (non-hydrogen) atoms. The van der Waals surface area contributed by atoms with Gasteiger partial charge in [-0.15, -0.1) is 0 Å². The lowest BCUT2D eigenvalue weighted by Crippen LogP contribution is -2.30. The van der Waals surface area contributed by atoms with Crippen LogP contribution in [0.1, 0.15) is 0 Å². The van der Waals surface area contributed by atoms with Gasteiger partial charge in [0.2, 0.25) is 0 Å². The van der Waals surface area contributed by atoms with Gasteiger partial charge in [0.15, 0.2) is 0 Å². The van der Waals surface area contributed by atoms with Crippen LogP contribution in [-0.2, 0) is 0 Å². The standard InChI is InChI=1S/C5H11N4P/c1-9-2-3-10(7,8)5(6)4-9/h2-3H,6-8H2,1H3. The van der Waals surface area contributed by atoms with Gasteiger partial charge in [-0.1, -0.05) is 0 Å². The van der Waals surface area contributed by atoms with Crippen LogP contribution < -0.4 is 16.7 Å². The number of likely N-dealkylation sites (N-methyl/N-ethyl adjacent to an activating group) is 1. The molecule has 0 spiro atoms. The van der Waals surface area contributed by atoms with Crippen LogP contribution in [0.5, 0.6) is 0 Å². The number of rotatable bonds is 0. The summed E-state index contributed by atoms with van der Waals surface area (Å²) in [6.45, 7) is 2.81. The van der Waals surface area contributed by atoms with Crippen molar-refractivity contribution >= 4 is 12.6 Å². The molecular weight excluding hydrogens is 147 g/mol. The molecule has 1 aliphatic rings. The van der Waals surface area contributed by atoms with Gasteiger partial charge in [0.25, 0.3) is 0 Å². The first-order valence-electron chi connectivity index (χ1n) is 2.80. The van der Waals surface area contributed by atoms with E-state index >= 15 is 0 Å². The van der Waals surface area contributed by atoms with Gasteiger partial charge in [0, 0.05) is 25.9 Å². The van der Waals surface area contributed by atoms with Crippen molar-refractivity contribution in [3.63, 3.8) is 0 Å². The Kier molecular flexibility index (Phi) is 1.88. The largest absolute Gasteiger partial charge is 0.365 e. The highest BCUT2D eigenvalue weighted by atomic mass is 31.2. The third kappa shape index (κ3) is 1.41. The summed E-state index contributed by atoms with van der Waals surface area (Å²) in [5, 5.41) is 0. The molecule has 2 radical (unpaired) electrons. The quantitative estimate of drug-likeness (QED) is 0.407. The van der Waals surface area contributed by atoms with Crippen LogP contribution >= 0.6 is 7.19 Å². The van der Waals surface area contributed by atoms with Crippen LogP contribution in [0.3, 0.4) is 0 Å². The Morgan fingerprint density at radius 3 is 2.60 bits per heavy atom. The van der Waals surface area contributed by atoms with Crippen molar-refractivity contribution in [3.05, 3.63) is 18.6 Å². The molecule has 5 heteroatoms. The van der Waals surface area contributed by atoms with E-state index < -0.39 is 7.19 Å². The molecule has 0 aliphatic carbocycles. The van der Waals surface area contributed by atoms with E-state index in [-0.39, 0.29) is 0 Å². The fourth-order valence-electron chi connectivity index (χ4n) is 0.595. The van der Waals surface area contributed by atoms with Crippen molar-refractivity contribution in [2.24, 2.45) is 16.7 Å². The van der Waals surface area contributed by atoms with E-state index in [1.807, 2.05) is 7.05 Å². The van der Waals surface area contributed by atoms with Crippen molar-refractivity contribution in [2.45, 2.75) is 0 Å². The predicted molar refractivity (Wildman–Crippen MR) is 44.6 cm³/mol. The zero-order valence-corrected chi connectivity index (χ0v) is 6.68. The summed E-state index contributed by atoms with van der Waals surface area (Å²) in [5.41, 5.74) is 17.2. The van der Waals surface area contributed by atoms with E-state index in [1.54, 1.807) is 16.9 Å². The van der Waals surface area contributed by atoms with Crippen molar-refractivity contribution in [1.82, 2.24) is 4.90 Å². The van der Waals surface area contributed by atoms with Crippen LogP contribution in [0.4, 0.5) is 0 Å². The first-order chi connectivity index (χ1) is 4.52. The minimum absolute atomic E-state index is 0.456. The summed E-state index contributed by atoms with van der Waals surface area (Å²) >= 11 is 0. The van der Waals surface area contributed by atoms with Gasteiger partial charge < -0.3 is 10.6 Å². The molecule has 0 amide bonds. The van der Waals surface area contributed by atoms with Crippen LogP contribution in [-0.4, -0.2) is 17.4 Å². The average molecular weight is 158 g/mol. The van der Waals surface area contributed by atoms with Crippen LogP contribution in [0.25, 0.3) is 0 Å². The fourth-order valence-corrected chi connectivity index (χ4v) is 1.51. The molecule has 0 saturated carbocycles. The summed E-state index contributed by atoms with van der Waals surface area (Å²) in [5.74, 6) is 1.73. The summed E-state index contributed by atoms with van der Waals surface area (Å²) < 4.78 is 0. The fraction of sp³-hybridized carbons (Fsp3) is 0.200. The number of nitrogens with zero attached hydrogens (tertiary/aromatic N) is 1. The van der Waals surface area contributed by atoms with E-state index in [0.29, 0.717) is 5.42 Å². The van der Waals surface area contributed by atoms with Crippen molar-refractivity contribution in [2.75, 3.05) is 7.05 Å². The van der Waals surface area contributed by atoms with Crippen molar-refractivity contribution in [3.8, 4) is 0 Å². The highest BCUT2D eigenvalue weighted by molar-refractivity contribution is 7.75. The van der Waals surface area contributed by atoms with E-state index in [4.69, 9.17) is 16.7 Å². The molecule has 0 atom stereocenters. The molecule has 1 aliphatic heterocycles. The second kappa shape index (κ2) is 2.40. The second-order valence-corrected chi connectivity index (χ2v) is 4.69. The van der Waals surface area contributed by atoms with E-state index in [0.717, 1.165) is 0 Å². The SMILES string of the molecule is CN1[C]C(N)=P(N)(N)C=C1. The van der Waals surface area contributed by atoms with Gasteiger partial charge in [0.05, 0.1) is 0 Å². The zero-order chi connectivity index (χ0) is 7.78. The number of nitrogens with two attached hydrogens (primary N) is 3. The second-order valence-electron chi connectivity index (χ2n) is 2.24. The van der Waals surface area contributed by atoms with Crippen molar-refractivity contribution in [1.29, 1.82) is 0 Å². The number of hydrogen-bond donors (Lipinski definition) is 3. The van der Waals surface area contributed by atoms with Crippen LogP contribution in [0, 0.1) is 6.54 Å². The maximum absolute atomic E-state index is 5.63. The highest BCUT2D eigenvalue weighted by Crippen LogP contribution is 2.34. The molecule has 4 nitrogen and oxygen atoms in total. The molecule has 6 N–H and O–H groups in total. The third-order valence-corrected chi connectivity index (χ3v) is 2.81. The molecular formula is C5H11N4P. The monoisotopic (exact) mass is 158 g/mol. The normalized spacial score (nSPS) is 23.6. The Morgan fingerprint density at radius 2 is 2.20 bits per heavy atom. The zero-order valence-electron chi connectivity index (χ0n) is 5.78. The Balaban J connectivity index is 2.95. The van der Waals surface area contributed by atoms with E-state index in [9.17, 15) is 0 Å². The molecule has 0 bridgehead atoms. The van der Waals surface area contributed by atoms with Gasteiger partial charge in [0.1, 0.15) is 6.54 Å². The summed E-state index contributed by atoms with van der Waals surface area (Å²) in [4.78, 5) is 1.70. The Bertz CT molecular complexity index is 214. The Hall–Kier alpha value is -0.280. The maximum atomic E-state index is 5.63. The molecule has 0 aromatic heterocycles. The van der Waals surface area contributed by atoms with Gasteiger partial charge >= 0.3 is 0 Å². The predicted octanol–water partition coefficient (Wildman–Crippen LogP) is -0.705. The van der Waals surface area contributed by atoms with Gasteiger partial charge in [-0.2, -0.15) is 0 Å². The first kappa shape index (κ1) is 7.82. The summed E-state index contributed by atoms with van der Waals surface area (Å²) in [7, 11) is -0.282. The smallest absolute Gasteiger partial charge is 0.140 e. The maximum Gasteiger partial charge on any atom is 0.140 e. The molecule has 56 valence electrons. The first-order valence-corrected chi connectivity index (χ1v) is 4.80. The lowest BCUT2D eigenvalue weighted by Gasteiger charge is -2.24. The third-order valence-electron chi connectivity index (χ3n) is 1.25. The molecule has 0 unspecified atom stereocenters. The van der Waals surface area contributed by atoms with E-state index in [2.05, 4.69) is 6.54 Å². The summed E-state index contributed by atoms with van der Waals surface area (Å²) in [6, 6.07) is 0. The van der Waals surface area contributed by atoms with Crippen molar-refractivity contribution < 1.29 is 0 Å². The Morgan fingerprint density at radius 1 is 1.60 bits per heavy atom. The lowest BCUT2D eigenvalue weighted by atomic mass is 10.6. The number of hydrogen-bond acceptors (Lipinski definition) is 4. The topological polar surface area (TPSA) is 81.3 Å².